The SMILES string of the molecule is CNC(=O)COc1cc2cc(Nc3nc(N4CCC(Nc5ccc6c(c5)CN(C5CCC(=O)NC5=O)C6=O)C[C@@H]4C)ncc3Cl)ccc2n(C)c1=O. The van der Waals surface area contributed by atoms with Gasteiger partial charge in [0.25, 0.3) is 17.4 Å². The molecule has 2 fully saturated rings. The topological polar surface area (TPSA) is 180 Å². The molecule has 4 N–H and O–H groups in total. The molecule has 0 radical (unpaired) electrons. The van der Waals surface area contributed by atoms with Gasteiger partial charge in [0, 0.05) is 68.0 Å². The van der Waals surface area contributed by atoms with Crippen LogP contribution in [0.5, 0.6) is 5.75 Å². The number of aryl methyl sites for hydroxylation is 1. The van der Waals surface area contributed by atoms with Crippen molar-refractivity contribution in [3.63, 3.8) is 0 Å². The number of imide groups is 1. The third-order valence-electron chi connectivity index (χ3n) is 9.85. The van der Waals surface area contributed by atoms with Crippen LogP contribution in [0.15, 0.2) is 53.5 Å². The molecule has 0 aliphatic carbocycles. The zero-order valence-electron chi connectivity index (χ0n) is 28.9. The number of likely N-dealkylation sites (N-methyl/N-ethyl adjacent to an activating group) is 1. The molecule has 0 spiro atoms. The minimum atomic E-state index is -0.648. The lowest BCUT2D eigenvalue weighted by Crippen LogP contribution is -2.52. The van der Waals surface area contributed by atoms with Crippen molar-refractivity contribution in [2.75, 3.05) is 35.7 Å². The standard InChI is InChI=1S/C36H38ClN9O6/c1-19-12-24(40-22-4-6-25-21(14-22)17-46(34(25)50)28-8-9-30(47)42-33(28)49)10-11-45(19)36-39-16-26(37)32(43-36)41-23-5-7-27-20(13-23)15-29(35(51)44(27)3)52-18-31(48)38-2/h4-7,13-16,19,24,28,40H,8-12,17-18H2,1-3H3,(H,38,48)(H,39,41,43)(H,42,47,49)/t19-,24?,28?/m0/s1. The molecule has 270 valence electrons. The molecular weight excluding hydrogens is 690 g/mol. The fourth-order valence-electron chi connectivity index (χ4n) is 7.07. The Bertz CT molecular complexity index is 2170. The summed E-state index contributed by atoms with van der Waals surface area (Å²) in [5.74, 6) is -0.243. The van der Waals surface area contributed by atoms with Crippen molar-refractivity contribution < 1.29 is 23.9 Å². The first-order chi connectivity index (χ1) is 25.0. The van der Waals surface area contributed by atoms with Crippen LogP contribution in [0.1, 0.15) is 48.5 Å². The number of rotatable bonds is 9. The number of anilines is 4. The molecule has 3 aliphatic heterocycles. The van der Waals surface area contributed by atoms with Crippen molar-refractivity contribution in [1.29, 1.82) is 0 Å². The van der Waals surface area contributed by atoms with Crippen LogP contribution in [0.2, 0.25) is 5.02 Å². The molecule has 0 saturated carbocycles. The summed E-state index contributed by atoms with van der Waals surface area (Å²) in [6.45, 7) is 2.86. The van der Waals surface area contributed by atoms with Gasteiger partial charge in [-0.1, -0.05) is 11.6 Å². The van der Waals surface area contributed by atoms with Gasteiger partial charge in [0.1, 0.15) is 11.1 Å². The fraction of sp³-hybridized carbons (Fsp3) is 0.361. The van der Waals surface area contributed by atoms with E-state index in [1.165, 1.54) is 11.6 Å². The van der Waals surface area contributed by atoms with Crippen LogP contribution in [-0.2, 0) is 28.0 Å². The summed E-state index contributed by atoms with van der Waals surface area (Å²) in [7, 11) is 3.14. The molecule has 3 aliphatic rings. The molecule has 15 nitrogen and oxygen atoms in total. The summed E-state index contributed by atoms with van der Waals surface area (Å²) < 4.78 is 6.96. The predicted octanol–water partition coefficient (Wildman–Crippen LogP) is 3.08. The van der Waals surface area contributed by atoms with Crippen LogP contribution in [0.3, 0.4) is 0 Å². The quantitative estimate of drug-likeness (QED) is 0.186. The maximum absolute atomic E-state index is 13.1. The van der Waals surface area contributed by atoms with Gasteiger partial charge in [-0.2, -0.15) is 4.98 Å². The highest BCUT2D eigenvalue weighted by Crippen LogP contribution is 2.33. The van der Waals surface area contributed by atoms with E-state index in [-0.39, 0.29) is 54.1 Å². The lowest BCUT2D eigenvalue weighted by atomic mass is 9.98. The van der Waals surface area contributed by atoms with Crippen molar-refractivity contribution in [2.24, 2.45) is 7.05 Å². The number of hydrogen-bond donors (Lipinski definition) is 4. The Balaban J connectivity index is 1.01. The first-order valence-electron chi connectivity index (χ1n) is 17.1. The molecule has 2 aromatic carbocycles. The Morgan fingerprint density at radius 2 is 1.87 bits per heavy atom. The minimum Gasteiger partial charge on any atom is -0.478 e. The Morgan fingerprint density at radius 3 is 2.63 bits per heavy atom. The van der Waals surface area contributed by atoms with Crippen LogP contribution in [0.25, 0.3) is 10.9 Å². The summed E-state index contributed by atoms with van der Waals surface area (Å²) in [6.07, 6.45) is 3.73. The van der Waals surface area contributed by atoms with E-state index in [1.54, 1.807) is 30.3 Å². The lowest BCUT2D eigenvalue weighted by Gasteiger charge is -2.38. The zero-order valence-corrected chi connectivity index (χ0v) is 29.6. The number of nitrogens with one attached hydrogen (secondary N) is 4. The highest BCUT2D eigenvalue weighted by atomic mass is 35.5. The molecule has 7 rings (SSSR count). The van der Waals surface area contributed by atoms with Crippen LogP contribution < -0.4 is 36.5 Å². The van der Waals surface area contributed by atoms with Crippen LogP contribution in [0.4, 0.5) is 23.1 Å². The number of pyridine rings is 1. The number of amides is 4. The molecule has 2 saturated heterocycles. The smallest absolute Gasteiger partial charge is 0.293 e. The van der Waals surface area contributed by atoms with Gasteiger partial charge in [0.2, 0.25) is 17.8 Å². The average Bonchev–Trinajstić information content (AvgIpc) is 3.44. The van der Waals surface area contributed by atoms with E-state index in [2.05, 4.69) is 38.1 Å². The molecule has 4 aromatic rings. The van der Waals surface area contributed by atoms with Gasteiger partial charge in [-0.05, 0) is 74.2 Å². The van der Waals surface area contributed by atoms with Crippen molar-refractivity contribution in [3.05, 3.63) is 75.2 Å². The summed E-state index contributed by atoms with van der Waals surface area (Å²) >= 11 is 6.55. The van der Waals surface area contributed by atoms with E-state index in [4.69, 9.17) is 21.3 Å². The van der Waals surface area contributed by atoms with Gasteiger partial charge in [-0.25, -0.2) is 4.98 Å². The minimum absolute atomic E-state index is 0.0627. The normalized spacial score (nSPS) is 20.1. The van der Waals surface area contributed by atoms with Crippen LogP contribution >= 0.6 is 11.6 Å². The van der Waals surface area contributed by atoms with Crippen molar-refractivity contribution in [2.45, 2.75) is 57.3 Å². The van der Waals surface area contributed by atoms with Gasteiger partial charge in [-0.15, -0.1) is 0 Å². The number of halogens is 1. The summed E-state index contributed by atoms with van der Waals surface area (Å²) in [6, 6.07) is 12.4. The monoisotopic (exact) mass is 727 g/mol. The third kappa shape index (κ3) is 6.83. The van der Waals surface area contributed by atoms with Crippen LogP contribution in [-0.4, -0.2) is 81.4 Å². The van der Waals surface area contributed by atoms with E-state index in [0.717, 1.165) is 24.1 Å². The second-order valence-electron chi connectivity index (χ2n) is 13.3. The number of ether oxygens (including phenoxy) is 1. The Hall–Kier alpha value is -5.70. The summed E-state index contributed by atoms with van der Waals surface area (Å²) in [5.41, 5.74) is 3.35. The van der Waals surface area contributed by atoms with Crippen LogP contribution in [0, 0.1) is 0 Å². The Morgan fingerprint density at radius 1 is 1.06 bits per heavy atom. The van der Waals surface area contributed by atoms with Crippen molar-refractivity contribution in [1.82, 2.24) is 30.1 Å². The molecule has 16 heteroatoms. The van der Waals surface area contributed by atoms with Gasteiger partial charge < -0.3 is 35.1 Å². The van der Waals surface area contributed by atoms with Gasteiger partial charge in [0.15, 0.2) is 18.2 Å². The maximum Gasteiger partial charge on any atom is 0.293 e. The number of carbonyl (C=O) groups is 4. The second kappa shape index (κ2) is 14.1. The first kappa shape index (κ1) is 34.7. The van der Waals surface area contributed by atoms with Gasteiger partial charge >= 0.3 is 0 Å². The molecule has 52 heavy (non-hydrogen) atoms. The number of piperidine rings is 2. The van der Waals surface area contributed by atoms with E-state index >= 15 is 0 Å². The zero-order chi connectivity index (χ0) is 36.7. The molecule has 0 bridgehead atoms. The van der Waals surface area contributed by atoms with E-state index in [0.29, 0.717) is 58.5 Å². The van der Waals surface area contributed by atoms with Crippen molar-refractivity contribution in [3.8, 4) is 5.75 Å². The molecular formula is C36H38ClN9O6. The molecule has 2 unspecified atom stereocenters. The molecule has 3 atom stereocenters. The maximum atomic E-state index is 13.1. The number of carbonyl (C=O) groups excluding carboxylic acids is 4. The predicted molar refractivity (Wildman–Crippen MR) is 195 cm³/mol. The molecule has 2 aromatic heterocycles. The van der Waals surface area contributed by atoms with Gasteiger partial charge in [0.05, 0.1) is 11.7 Å². The number of benzene rings is 2. The Kier molecular flexibility index (Phi) is 9.44. The fourth-order valence-corrected chi connectivity index (χ4v) is 7.21. The van der Waals surface area contributed by atoms with Crippen molar-refractivity contribution >= 4 is 69.3 Å². The summed E-state index contributed by atoms with van der Waals surface area (Å²) in [5, 5.41) is 12.8. The third-order valence-corrected chi connectivity index (χ3v) is 10.1. The lowest BCUT2D eigenvalue weighted by molar-refractivity contribution is -0.137. The number of hydrogen-bond acceptors (Lipinski definition) is 11. The number of fused-ring (bicyclic) bond motifs is 2. The molecule has 5 heterocycles. The largest absolute Gasteiger partial charge is 0.478 e. The highest BCUT2D eigenvalue weighted by Gasteiger charge is 2.39. The van der Waals surface area contributed by atoms with E-state index < -0.39 is 11.9 Å². The summed E-state index contributed by atoms with van der Waals surface area (Å²) in [4.78, 5) is 74.6. The first-order valence-corrected chi connectivity index (χ1v) is 17.4. The van der Waals surface area contributed by atoms with E-state index in [9.17, 15) is 24.0 Å². The highest BCUT2D eigenvalue weighted by molar-refractivity contribution is 6.33. The van der Waals surface area contributed by atoms with Gasteiger partial charge in [-0.3, -0.25) is 29.3 Å². The average molecular weight is 728 g/mol. The second-order valence-corrected chi connectivity index (χ2v) is 13.7. The Labute approximate surface area is 303 Å². The number of nitrogens with zero attached hydrogens (tertiary/aromatic N) is 5. The van der Waals surface area contributed by atoms with E-state index in [1.807, 2.05) is 30.3 Å². The number of aromatic nitrogens is 3. The molecule has 4 amide bonds.